The third-order valence-corrected chi connectivity index (χ3v) is 2.15. The minimum Gasteiger partial charge on any atom is -0.477 e. The van der Waals surface area contributed by atoms with Gasteiger partial charge in [0.2, 0.25) is 0 Å². The largest absolute Gasteiger partial charge is 0.477 e. The summed E-state index contributed by atoms with van der Waals surface area (Å²) in [6.45, 7) is 0. The number of aromatic nitrogens is 1. The standard InChI is InChI=1S/C7H3F3INO2/c8-4-2(11)1-3(7(13)14)12-5(4)6(9)10/h1,6H,(H,13,14). The van der Waals surface area contributed by atoms with E-state index >= 15 is 0 Å². The first-order valence-electron chi connectivity index (χ1n) is 3.31. The van der Waals surface area contributed by atoms with Crippen molar-refractivity contribution in [1.29, 1.82) is 0 Å². The summed E-state index contributed by atoms with van der Waals surface area (Å²) < 4.78 is 37.1. The van der Waals surface area contributed by atoms with Crippen molar-refractivity contribution in [2.24, 2.45) is 0 Å². The molecule has 0 bridgehead atoms. The van der Waals surface area contributed by atoms with Crippen LogP contribution in [0.2, 0.25) is 0 Å². The first-order valence-corrected chi connectivity index (χ1v) is 4.38. The highest BCUT2D eigenvalue weighted by molar-refractivity contribution is 14.1. The lowest BCUT2D eigenvalue weighted by atomic mass is 10.3. The monoisotopic (exact) mass is 317 g/mol. The van der Waals surface area contributed by atoms with Crippen LogP contribution >= 0.6 is 22.6 Å². The molecule has 0 aromatic carbocycles. The van der Waals surface area contributed by atoms with Crippen LogP contribution in [0.5, 0.6) is 0 Å². The SMILES string of the molecule is O=C(O)c1cc(I)c(F)c(C(F)F)n1. The number of alkyl halides is 2. The van der Waals surface area contributed by atoms with E-state index in [0.717, 1.165) is 6.07 Å². The van der Waals surface area contributed by atoms with E-state index in [9.17, 15) is 18.0 Å². The van der Waals surface area contributed by atoms with E-state index in [4.69, 9.17) is 5.11 Å². The maximum absolute atomic E-state index is 13.0. The van der Waals surface area contributed by atoms with Crippen molar-refractivity contribution in [2.45, 2.75) is 6.43 Å². The molecule has 1 N–H and O–H groups in total. The van der Waals surface area contributed by atoms with Gasteiger partial charge in [0.15, 0.2) is 5.82 Å². The van der Waals surface area contributed by atoms with E-state index in [1.165, 1.54) is 22.6 Å². The van der Waals surface area contributed by atoms with Gasteiger partial charge in [-0.3, -0.25) is 0 Å². The van der Waals surface area contributed by atoms with E-state index in [0.29, 0.717) is 0 Å². The summed E-state index contributed by atoms with van der Waals surface area (Å²) in [7, 11) is 0. The Morgan fingerprint density at radius 3 is 2.57 bits per heavy atom. The maximum atomic E-state index is 13.0. The molecule has 0 amide bonds. The van der Waals surface area contributed by atoms with Gasteiger partial charge < -0.3 is 5.11 Å². The number of carboxylic acid groups (broad SMARTS) is 1. The van der Waals surface area contributed by atoms with Crippen molar-refractivity contribution in [1.82, 2.24) is 4.98 Å². The first-order chi connectivity index (χ1) is 6.43. The minimum absolute atomic E-state index is 0.190. The number of rotatable bonds is 2. The number of pyridine rings is 1. The van der Waals surface area contributed by atoms with E-state index in [-0.39, 0.29) is 3.57 Å². The van der Waals surface area contributed by atoms with E-state index in [1.54, 1.807) is 0 Å². The van der Waals surface area contributed by atoms with E-state index < -0.39 is 29.6 Å². The van der Waals surface area contributed by atoms with Crippen molar-refractivity contribution in [3.05, 3.63) is 26.8 Å². The number of hydrogen-bond acceptors (Lipinski definition) is 2. The summed E-state index contributed by atoms with van der Waals surface area (Å²) in [6.07, 6.45) is -3.12. The van der Waals surface area contributed by atoms with Crippen molar-refractivity contribution in [3.8, 4) is 0 Å². The lowest BCUT2D eigenvalue weighted by Gasteiger charge is -2.04. The molecule has 0 aliphatic heterocycles. The average Bonchev–Trinajstić information content (AvgIpc) is 2.08. The molecule has 0 saturated carbocycles. The molecule has 7 heteroatoms. The quantitative estimate of drug-likeness (QED) is 0.853. The Morgan fingerprint density at radius 2 is 2.14 bits per heavy atom. The molecule has 0 fully saturated rings. The molecule has 0 saturated heterocycles. The lowest BCUT2D eigenvalue weighted by molar-refractivity contribution is 0.0688. The van der Waals surface area contributed by atoms with Gasteiger partial charge in [-0.2, -0.15) is 0 Å². The second kappa shape index (κ2) is 4.11. The first kappa shape index (κ1) is 11.2. The molecule has 76 valence electrons. The second-order valence-corrected chi connectivity index (χ2v) is 3.46. The molecule has 0 unspecified atom stereocenters. The van der Waals surface area contributed by atoms with Crippen LogP contribution in [0.3, 0.4) is 0 Å². The van der Waals surface area contributed by atoms with Gasteiger partial charge >= 0.3 is 5.97 Å². The number of halogens is 4. The van der Waals surface area contributed by atoms with Crippen LogP contribution in [0.25, 0.3) is 0 Å². The van der Waals surface area contributed by atoms with Crippen molar-refractivity contribution < 1.29 is 23.1 Å². The smallest absolute Gasteiger partial charge is 0.354 e. The molecule has 0 radical (unpaired) electrons. The molecule has 1 aromatic rings. The minimum atomic E-state index is -3.12. The Hall–Kier alpha value is -0.860. The summed E-state index contributed by atoms with van der Waals surface area (Å²) in [5.41, 5.74) is -1.72. The average molecular weight is 317 g/mol. The number of nitrogens with zero attached hydrogens (tertiary/aromatic N) is 1. The molecule has 3 nitrogen and oxygen atoms in total. The number of aromatic carboxylic acids is 1. The van der Waals surface area contributed by atoms with Gasteiger partial charge in [0, 0.05) is 0 Å². The molecule has 0 aliphatic carbocycles. The fraction of sp³-hybridized carbons (Fsp3) is 0.143. The molecule has 1 rings (SSSR count). The van der Waals surface area contributed by atoms with Gasteiger partial charge in [-0.1, -0.05) is 0 Å². The van der Waals surface area contributed by atoms with Crippen LogP contribution in [0.15, 0.2) is 6.07 Å². The highest BCUT2D eigenvalue weighted by Crippen LogP contribution is 2.23. The number of carboxylic acids is 1. The summed E-state index contributed by atoms with van der Waals surface area (Å²) >= 11 is 1.43. The molecule has 0 spiro atoms. The van der Waals surface area contributed by atoms with Crippen LogP contribution in [-0.4, -0.2) is 16.1 Å². The van der Waals surface area contributed by atoms with Crippen LogP contribution in [0.1, 0.15) is 22.6 Å². The molecule has 14 heavy (non-hydrogen) atoms. The second-order valence-electron chi connectivity index (χ2n) is 2.29. The maximum Gasteiger partial charge on any atom is 0.354 e. The zero-order chi connectivity index (χ0) is 10.9. The zero-order valence-electron chi connectivity index (χ0n) is 6.47. The summed E-state index contributed by atoms with van der Waals surface area (Å²) in [5.74, 6) is -2.64. The van der Waals surface area contributed by atoms with Crippen LogP contribution < -0.4 is 0 Å². The van der Waals surface area contributed by atoms with Gasteiger partial charge in [-0.25, -0.2) is 22.9 Å². The van der Waals surface area contributed by atoms with Crippen molar-refractivity contribution in [3.63, 3.8) is 0 Å². The Labute approximate surface area is 90.1 Å². The van der Waals surface area contributed by atoms with Crippen molar-refractivity contribution in [2.75, 3.05) is 0 Å². The third-order valence-electron chi connectivity index (χ3n) is 1.36. The van der Waals surface area contributed by atoms with E-state index in [1.807, 2.05) is 0 Å². The molecule has 0 atom stereocenters. The van der Waals surface area contributed by atoms with Crippen LogP contribution in [-0.2, 0) is 0 Å². The molecule has 1 heterocycles. The third kappa shape index (κ3) is 2.14. The highest BCUT2D eigenvalue weighted by atomic mass is 127. The predicted octanol–water partition coefficient (Wildman–Crippen LogP) is 2.46. The zero-order valence-corrected chi connectivity index (χ0v) is 8.63. The van der Waals surface area contributed by atoms with Crippen LogP contribution in [0.4, 0.5) is 13.2 Å². The van der Waals surface area contributed by atoms with Crippen molar-refractivity contribution >= 4 is 28.6 Å². The van der Waals surface area contributed by atoms with Gasteiger partial charge in [0.25, 0.3) is 6.43 Å². The summed E-state index contributed by atoms with van der Waals surface area (Å²) in [6, 6.07) is 0.893. The summed E-state index contributed by atoms with van der Waals surface area (Å²) in [5, 5.41) is 8.47. The highest BCUT2D eigenvalue weighted by Gasteiger charge is 2.21. The van der Waals surface area contributed by atoms with Crippen LogP contribution in [0, 0.1) is 9.39 Å². The normalized spacial score (nSPS) is 10.6. The molecule has 0 aliphatic rings. The molecular weight excluding hydrogens is 314 g/mol. The molecular formula is C7H3F3INO2. The predicted molar refractivity (Wildman–Crippen MR) is 48.8 cm³/mol. The van der Waals surface area contributed by atoms with Gasteiger partial charge in [-0.15, -0.1) is 0 Å². The number of carbonyl (C=O) groups is 1. The Bertz CT molecular complexity index is 383. The summed E-state index contributed by atoms with van der Waals surface area (Å²) in [4.78, 5) is 13.4. The fourth-order valence-corrected chi connectivity index (χ4v) is 1.34. The fourth-order valence-electron chi connectivity index (χ4n) is 0.771. The van der Waals surface area contributed by atoms with E-state index in [2.05, 4.69) is 4.98 Å². The number of hydrogen-bond donors (Lipinski definition) is 1. The van der Waals surface area contributed by atoms with Gasteiger partial charge in [0.1, 0.15) is 11.4 Å². The lowest BCUT2D eigenvalue weighted by Crippen LogP contribution is -2.07. The van der Waals surface area contributed by atoms with Gasteiger partial charge in [0.05, 0.1) is 3.57 Å². The Balaban J connectivity index is 3.35. The molecule has 1 aromatic heterocycles. The van der Waals surface area contributed by atoms with Gasteiger partial charge in [-0.05, 0) is 28.7 Å². The topological polar surface area (TPSA) is 50.2 Å². The Kier molecular flexibility index (Phi) is 3.29. The Morgan fingerprint density at radius 1 is 1.57 bits per heavy atom.